The number of hydrogen-bond acceptors (Lipinski definition) is 6. The molecular weight excluding hydrogens is 412 g/mol. The highest BCUT2D eigenvalue weighted by molar-refractivity contribution is 5.94. The maximum absolute atomic E-state index is 12.7. The number of fused-ring (bicyclic) bond motifs is 1. The molecule has 8 heteroatoms. The largest absolute Gasteiger partial charge is 0.497 e. The third-order valence-corrected chi connectivity index (χ3v) is 5.61. The summed E-state index contributed by atoms with van der Waals surface area (Å²) >= 11 is 0. The summed E-state index contributed by atoms with van der Waals surface area (Å²) < 4.78 is 21.2. The highest BCUT2D eigenvalue weighted by Gasteiger charge is 2.27. The highest BCUT2D eigenvalue weighted by Crippen LogP contribution is 2.34. The predicted octanol–water partition coefficient (Wildman–Crippen LogP) is 3.32. The zero-order chi connectivity index (χ0) is 22.5. The first-order valence-corrected chi connectivity index (χ1v) is 10.5. The van der Waals surface area contributed by atoms with Gasteiger partial charge in [0.1, 0.15) is 11.5 Å². The number of hydrogen-bond donors (Lipinski definition) is 1. The molecule has 2 amide bonds. The van der Waals surface area contributed by atoms with Gasteiger partial charge in [-0.05, 0) is 48.7 Å². The lowest BCUT2D eigenvalue weighted by molar-refractivity contribution is -0.130. The van der Waals surface area contributed by atoms with Crippen LogP contribution in [-0.2, 0) is 9.59 Å². The lowest BCUT2D eigenvalue weighted by Crippen LogP contribution is -2.40. The van der Waals surface area contributed by atoms with Gasteiger partial charge in [0.15, 0.2) is 11.5 Å². The van der Waals surface area contributed by atoms with E-state index in [1.165, 1.54) is 0 Å². The predicted molar refractivity (Wildman–Crippen MR) is 119 cm³/mol. The zero-order valence-corrected chi connectivity index (χ0v) is 18.1. The molecule has 2 aliphatic heterocycles. The average molecular weight is 438 g/mol. The van der Waals surface area contributed by atoms with Crippen molar-refractivity contribution >= 4 is 23.6 Å². The molecule has 0 radical (unpaired) electrons. The van der Waals surface area contributed by atoms with E-state index in [0.717, 1.165) is 5.56 Å². The second-order valence-corrected chi connectivity index (χ2v) is 7.64. The standard InChI is InChI=1S/C24H26N2O6/c1-29-19-11-16(12-20(14-19)30-2)3-6-23(27)26-9-7-17(8-10-26)24(28)25-18-4-5-21-22(13-18)32-15-31-21/h3-6,11-14,17H,7-10,15H2,1-2H3,(H,25,28)/b6-3+. The Hall–Kier alpha value is -3.68. The van der Waals surface area contributed by atoms with Gasteiger partial charge in [-0.1, -0.05) is 0 Å². The third-order valence-electron chi connectivity index (χ3n) is 5.61. The second kappa shape index (κ2) is 9.64. The van der Waals surface area contributed by atoms with Crippen molar-refractivity contribution in [2.75, 3.05) is 39.4 Å². The number of carbonyl (C=O) groups excluding carboxylic acids is 2. The van der Waals surface area contributed by atoms with Crippen molar-refractivity contribution in [3.63, 3.8) is 0 Å². The summed E-state index contributed by atoms with van der Waals surface area (Å²) in [6.07, 6.45) is 4.51. The summed E-state index contributed by atoms with van der Waals surface area (Å²) in [5.41, 5.74) is 1.49. The van der Waals surface area contributed by atoms with Gasteiger partial charge in [-0.25, -0.2) is 0 Å². The Kier molecular flexibility index (Phi) is 6.49. The van der Waals surface area contributed by atoms with Gasteiger partial charge in [-0.2, -0.15) is 0 Å². The molecule has 0 saturated carbocycles. The van der Waals surface area contributed by atoms with Crippen LogP contribution < -0.4 is 24.3 Å². The number of methoxy groups -OCH3 is 2. The van der Waals surface area contributed by atoms with E-state index in [2.05, 4.69) is 5.32 Å². The van der Waals surface area contributed by atoms with Crippen LogP contribution in [0.15, 0.2) is 42.5 Å². The number of piperidine rings is 1. The molecule has 32 heavy (non-hydrogen) atoms. The minimum Gasteiger partial charge on any atom is -0.497 e. The second-order valence-electron chi connectivity index (χ2n) is 7.64. The fraction of sp³-hybridized carbons (Fsp3) is 0.333. The molecule has 1 fully saturated rings. The number of carbonyl (C=O) groups is 2. The SMILES string of the molecule is COc1cc(/C=C/C(=O)N2CCC(C(=O)Nc3ccc4c(c3)OCO4)CC2)cc(OC)c1. The summed E-state index contributed by atoms with van der Waals surface area (Å²) in [4.78, 5) is 27.0. The summed E-state index contributed by atoms with van der Waals surface area (Å²) in [6.45, 7) is 1.26. The number of benzene rings is 2. The maximum Gasteiger partial charge on any atom is 0.246 e. The van der Waals surface area contributed by atoms with Crippen molar-refractivity contribution in [2.24, 2.45) is 5.92 Å². The van der Waals surface area contributed by atoms with Crippen molar-refractivity contribution in [1.82, 2.24) is 4.90 Å². The van der Waals surface area contributed by atoms with Crippen LogP contribution in [0.25, 0.3) is 6.08 Å². The van der Waals surface area contributed by atoms with Crippen molar-refractivity contribution in [1.29, 1.82) is 0 Å². The lowest BCUT2D eigenvalue weighted by Gasteiger charge is -2.30. The van der Waals surface area contributed by atoms with Crippen molar-refractivity contribution in [3.05, 3.63) is 48.0 Å². The Balaban J connectivity index is 1.30. The number of anilines is 1. The molecular formula is C24H26N2O6. The maximum atomic E-state index is 12.7. The number of rotatable bonds is 6. The quantitative estimate of drug-likeness (QED) is 0.697. The van der Waals surface area contributed by atoms with Gasteiger partial charge >= 0.3 is 0 Å². The summed E-state index contributed by atoms with van der Waals surface area (Å²) in [6, 6.07) is 10.8. The first-order valence-electron chi connectivity index (χ1n) is 10.5. The molecule has 2 heterocycles. The Labute approximate surface area is 186 Å². The molecule has 0 bridgehead atoms. The first-order chi connectivity index (χ1) is 15.6. The van der Waals surface area contributed by atoms with E-state index in [4.69, 9.17) is 18.9 Å². The lowest BCUT2D eigenvalue weighted by atomic mass is 9.95. The van der Waals surface area contributed by atoms with Crippen LogP contribution in [0.3, 0.4) is 0 Å². The van der Waals surface area contributed by atoms with Crippen molar-refractivity contribution in [3.8, 4) is 23.0 Å². The summed E-state index contributed by atoms with van der Waals surface area (Å²) in [5, 5.41) is 2.94. The third kappa shape index (κ3) is 4.96. The number of likely N-dealkylation sites (tertiary alicyclic amines) is 1. The van der Waals surface area contributed by atoms with Crippen LogP contribution in [0.2, 0.25) is 0 Å². The van der Waals surface area contributed by atoms with E-state index in [1.807, 2.05) is 12.1 Å². The van der Waals surface area contributed by atoms with Crippen molar-refractivity contribution in [2.45, 2.75) is 12.8 Å². The molecule has 0 spiro atoms. The molecule has 0 aromatic heterocycles. The van der Waals surface area contributed by atoms with Crippen LogP contribution in [0, 0.1) is 5.92 Å². The highest BCUT2D eigenvalue weighted by atomic mass is 16.7. The Morgan fingerprint density at radius 3 is 2.38 bits per heavy atom. The monoisotopic (exact) mass is 438 g/mol. The van der Waals surface area contributed by atoms with E-state index in [9.17, 15) is 9.59 Å². The number of nitrogens with zero attached hydrogens (tertiary/aromatic N) is 1. The number of ether oxygens (including phenoxy) is 4. The molecule has 2 aliphatic rings. The number of nitrogens with one attached hydrogen (secondary N) is 1. The molecule has 2 aromatic rings. The minimum atomic E-state index is -0.143. The smallest absolute Gasteiger partial charge is 0.246 e. The van der Waals surface area contributed by atoms with Gasteiger partial charge in [-0.15, -0.1) is 0 Å². The van der Waals surface area contributed by atoms with E-state index < -0.39 is 0 Å². The van der Waals surface area contributed by atoms with Gasteiger partial charge < -0.3 is 29.2 Å². The molecule has 1 saturated heterocycles. The van der Waals surface area contributed by atoms with Gasteiger partial charge in [0, 0.05) is 42.9 Å². The molecule has 4 rings (SSSR count). The van der Waals surface area contributed by atoms with Gasteiger partial charge in [0.25, 0.3) is 0 Å². The van der Waals surface area contributed by atoms with E-state index in [-0.39, 0.29) is 24.5 Å². The van der Waals surface area contributed by atoms with Crippen molar-refractivity contribution < 1.29 is 28.5 Å². The zero-order valence-electron chi connectivity index (χ0n) is 18.1. The average Bonchev–Trinajstić information content (AvgIpc) is 3.30. The minimum absolute atomic E-state index is 0.0463. The fourth-order valence-corrected chi connectivity index (χ4v) is 3.78. The molecule has 8 nitrogen and oxygen atoms in total. The van der Waals surface area contributed by atoms with Crippen LogP contribution in [0.5, 0.6) is 23.0 Å². The normalized spacial score (nSPS) is 15.6. The molecule has 168 valence electrons. The van der Waals surface area contributed by atoms with Gasteiger partial charge in [-0.3, -0.25) is 9.59 Å². The van der Waals surface area contributed by atoms with Crippen LogP contribution >= 0.6 is 0 Å². The molecule has 0 aliphatic carbocycles. The molecule has 0 unspecified atom stereocenters. The van der Waals surface area contributed by atoms with E-state index in [0.29, 0.717) is 54.6 Å². The van der Waals surface area contributed by atoms with Crippen LogP contribution in [-0.4, -0.2) is 50.8 Å². The first kappa shape index (κ1) is 21.5. The molecule has 0 atom stereocenters. The Morgan fingerprint density at radius 1 is 1.00 bits per heavy atom. The number of amides is 2. The summed E-state index contributed by atoms with van der Waals surface area (Å²) in [5.74, 6) is 2.35. The van der Waals surface area contributed by atoms with E-state index in [1.54, 1.807) is 55.5 Å². The molecule has 1 N–H and O–H groups in total. The summed E-state index contributed by atoms with van der Waals surface area (Å²) in [7, 11) is 3.17. The molecule has 2 aromatic carbocycles. The van der Waals surface area contributed by atoms with E-state index >= 15 is 0 Å². The van der Waals surface area contributed by atoms with Crippen LogP contribution in [0.4, 0.5) is 5.69 Å². The topological polar surface area (TPSA) is 86.3 Å². The van der Waals surface area contributed by atoms with Gasteiger partial charge in [0.05, 0.1) is 14.2 Å². The Morgan fingerprint density at radius 2 is 1.69 bits per heavy atom. The van der Waals surface area contributed by atoms with Crippen LogP contribution in [0.1, 0.15) is 18.4 Å². The fourth-order valence-electron chi connectivity index (χ4n) is 3.78. The van der Waals surface area contributed by atoms with Gasteiger partial charge in [0.2, 0.25) is 18.6 Å². The Bertz CT molecular complexity index is 1000.